The van der Waals surface area contributed by atoms with E-state index >= 15 is 0 Å². The maximum atomic E-state index is 13.5. The second-order valence-electron chi connectivity index (χ2n) is 10.9. The van der Waals surface area contributed by atoms with E-state index in [0.29, 0.717) is 21.5 Å². The highest BCUT2D eigenvalue weighted by atomic mass is 35.5. The number of nitrogens with zero attached hydrogens (tertiary/aromatic N) is 1. The van der Waals surface area contributed by atoms with Crippen molar-refractivity contribution < 1.29 is 47.7 Å². The van der Waals surface area contributed by atoms with Crippen molar-refractivity contribution >= 4 is 70.1 Å². The highest BCUT2D eigenvalue weighted by molar-refractivity contribution is 6.31. The molecule has 4 rings (SSSR count). The number of rotatable bonds is 13. The summed E-state index contributed by atoms with van der Waals surface area (Å²) in [5, 5.41) is 5.75. The first-order chi connectivity index (χ1) is 22.8. The maximum Gasteiger partial charge on any atom is 0.338 e. The Kier molecular flexibility index (Phi) is 11.6. The molecule has 252 valence electrons. The van der Waals surface area contributed by atoms with E-state index in [1.54, 1.807) is 38.1 Å². The van der Waals surface area contributed by atoms with Gasteiger partial charge in [-0.2, -0.15) is 0 Å². The minimum Gasteiger partial charge on any atom is -0.495 e. The van der Waals surface area contributed by atoms with Crippen molar-refractivity contribution in [3.05, 3.63) is 81.3 Å². The van der Waals surface area contributed by atoms with Crippen LogP contribution in [0.5, 0.6) is 11.5 Å². The molecule has 1 aliphatic rings. The lowest BCUT2D eigenvalue weighted by Crippen LogP contribution is -2.46. The lowest BCUT2D eigenvalue weighted by Gasteiger charge is -2.25. The quantitative estimate of drug-likeness (QED) is 0.183. The number of carbonyl (C=O) groups is 6. The molecule has 1 atom stereocenters. The van der Waals surface area contributed by atoms with Crippen LogP contribution in [0.25, 0.3) is 0 Å². The van der Waals surface area contributed by atoms with Crippen molar-refractivity contribution in [2.24, 2.45) is 5.92 Å². The third-order valence-corrected chi connectivity index (χ3v) is 7.45. The summed E-state index contributed by atoms with van der Waals surface area (Å²) in [6.45, 7) is 2.16. The Balaban J connectivity index is 1.42. The summed E-state index contributed by atoms with van der Waals surface area (Å²) in [7, 11) is 2.82. The van der Waals surface area contributed by atoms with Gasteiger partial charge < -0.3 is 29.6 Å². The van der Waals surface area contributed by atoms with Crippen LogP contribution in [0.1, 0.15) is 51.3 Å². The Morgan fingerprint density at radius 2 is 1.25 bits per heavy atom. The van der Waals surface area contributed by atoms with Gasteiger partial charge in [0.25, 0.3) is 23.6 Å². The molecule has 48 heavy (non-hydrogen) atoms. The van der Waals surface area contributed by atoms with Crippen LogP contribution in [-0.4, -0.2) is 73.9 Å². The molecule has 0 aliphatic carbocycles. The van der Waals surface area contributed by atoms with Crippen molar-refractivity contribution in [2.45, 2.75) is 26.3 Å². The fourth-order valence-corrected chi connectivity index (χ4v) is 5.14. The number of amides is 4. The summed E-state index contributed by atoms with van der Waals surface area (Å²) in [5.74, 6) is -4.43. The molecular weight excluding hydrogens is 669 g/mol. The van der Waals surface area contributed by atoms with Gasteiger partial charge in [-0.25, -0.2) is 9.59 Å². The first-order valence-electron chi connectivity index (χ1n) is 14.4. The van der Waals surface area contributed by atoms with Crippen LogP contribution in [0.2, 0.25) is 10.0 Å². The number of hydrogen-bond acceptors (Lipinski definition) is 10. The molecule has 0 bridgehead atoms. The van der Waals surface area contributed by atoms with E-state index in [1.807, 2.05) is 0 Å². The highest BCUT2D eigenvalue weighted by Gasteiger charge is 2.44. The SMILES string of the molecule is COc1ccc(Cl)cc1NC(=O)COC(=O)c1ccc2c(c1)C(=O)N([C@@H](CC(C)C)C(=O)OCC(=O)Nc1cc(Cl)ccc1OC)C2=O. The third-order valence-electron chi connectivity index (χ3n) is 6.98. The monoisotopic (exact) mass is 699 g/mol. The van der Waals surface area contributed by atoms with E-state index in [1.165, 1.54) is 38.5 Å². The van der Waals surface area contributed by atoms with E-state index in [9.17, 15) is 28.8 Å². The summed E-state index contributed by atoms with van der Waals surface area (Å²) in [5.41, 5.74) is 0.219. The van der Waals surface area contributed by atoms with Crippen molar-refractivity contribution in [3.63, 3.8) is 0 Å². The molecule has 0 unspecified atom stereocenters. The lowest BCUT2D eigenvalue weighted by atomic mass is 10.0. The number of nitrogens with one attached hydrogen (secondary N) is 2. The first-order valence-corrected chi connectivity index (χ1v) is 15.2. The number of carbonyl (C=O) groups excluding carboxylic acids is 6. The fraction of sp³-hybridized carbons (Fsp3) is 0.273. The molecule has 3 aromatic rings. The Hall–Kier alpha value is -5.14. The second kappa shape index (κ2) is 15.6. The van der Waals surface area contributed by atoms with Crippen LogP contribution in [0.4, 0.5) is 11.4 Å². The predicted molar refractivity (Wildman–Crippen MR) is 175 cm³/mol. The molecule has 13 nitrogen and oxygen atoms in total. The number of fused-ring (bicyclic) bond motifs is 1. The van der Waals surface area contributed by atoms with E-state index in [2.05, 4.69) is 10.6 Å². The van der Waals surface area contributed by atoms with Gasteiger partial charge in [-0.1, -0.05) is 37.0 Å². The van der Waals surface area contributed by atoms with Crippen molar-refractivity contribution in [3.8, 4) is 11.5 Å². The molecular formula is C33H31Cl2N3O10. The summed E-state index contributed by atoms with van der Waals surface area (Å²) in [6, 6.07) is 11.5. The Bertz CT molecular complexity index is 1780. The topological polar surface area (TPSA) is 167 Å². The zero-order valence-corrected chi connectivity index (χ0v) is 27.8. The van der Waals surface area contributed by atoms with Crippen molar-refractivity contribution in [1.82, 2.24) is 4.90 Å². The molecule has 4 amide bonds. The molecule has 15 heteroatoms. The van der Waals surface area contributed by atoms with Gasteiger partial charge in [0.1, 0.15) is 17.5 Å². The summed E-state index contributed by atoms with van der Waals surface area (Å²) in [4.78, 5) is 78.7. The number of methoxy groups -OCH3 is 2. The van der Waals surface area contributed by atoms with Gasteiger partial charge in [0.2, 0.25) is 0 Å². The standard InChI is InChI=1S/C33H31Cl2N3O10/c1-17(2)11-25(33(44)48-16-29(40)37-24-14-20(35)7-10-27(24)46-4)38-30(41)21-8-5-18(12-22(21)31(38)42)32(43)47-15-28(39)36-23-13-19(34)6-9-26(23)45-3/h5-10,12-14,17,25H,11,15-16H2,1-4H3,(H,36,39)(H,37,40)/t25-/m0/s1. The van der Waals surface area contributed by atoms with Gasteiger partial charge in [-0.3, -0.25) is 24.1 Å². The molecule has 0 radical (unpaired) electrons. The highest BCUT2D eigenvalue weighted by Crippen LogP contribution is 2.30. The number of benzene rings is 3. The number of hydrogen-bond donors (Lipinski definition) is 2. The van der Waals surface area contributed by atoms with Crippen LogP contribution in [0, 0.1) is 5.92 Å². The van der Waals surface area contributed by atoms with Crippen LogP contribution < -0.4 is 20.1 Å². The van der Waals surface area contributed by atoms with Crippen LogP contribution >= 0.6 is 23.2 Å². The van der Waals surface area contributed by atoms with Crippen molar-refractivity contribution in [2.75, 3.05) is 38.1 Å². The van der Waals surface area contributed by atoms with E-state index in [0.717, 1.165) is 11.0 Å². The molecule has 0 fully saturated rings. The molecule has 0 saturated carbocycles. The normalized spacial score (nSPS) is 12.7. The molecule has 0 saturated heterocycles. The molecule has 1 heterocycles. The Morgan fingerprint density at radius 1 is 0.729 bits per heavy atom. The maximum absolute atomic E-state index is 13.5. The molecule has 1 aliphatic heterocycles. The summed E-state index contributed by atoms with van der Waals surface area (Å²) >= 11 is 12.0. The van der Waals surface area contributed by atoms with Gasteiger partial charge >= 0.3 is 11.9 Å². The summed E-state index contributed by atoms with van der Waals surface area (Å²) < 4.78 is 20.7. The van der Waals surface area contributed by atoms with Gasteiger partial charge in [-0.05, 0) is 66.9 Å². The minimum atomic E-state index is -1.37. The van der Waals surface area contributed by atoms with Gasteiger partial charge in [0.15, 0.2) is 13.2 Å². The average molecular weight is 701 g/mol. The molecule has 2 N–H and O–H groups in total. The third kappa shape index (κ3) is 8.41. The zero-order chi connectivity index (χ0) is 35.1. The Morgan fingerprint density at radius 3 is 1.77 bits per heavy atom. The minimum absolute atomic E-state index is 0.0372. The van der Waals surface area contributed by atoms with E-state index in [-0.39, 0.29) is 40.4 Å². The van der Waals surface area contributed by atoms with Crippen LogP contribution in [0.3, 0.4) is 0 Å². The first kappa shape index (κ1) is 35.7. The Labute approximate surface area is 285 Å². The number of esters is 2. The van der Waals surface area contributed by atoms with Crippen LogP contribution in [0.15, 0.2) is 54.6 Å². The van der Waals surface area contributed by atoms with E-state index in [4.69, 9.17) is 42.1 Å². The largest absolute Gasteiger partial charge is 0.495 e. The average Bonchev–Trinajstić information content (AvgIpc) is 3.29. The molecule has 3 aromatic carbocycles. The van der Waals surface area contributed by atoms with Gasteiger partial charge in [-0.15, -0.1) is 0 Å². The van der Waals surface area contributed by atoms with Crippen molar-refractivity contribution in [1.29, 1.82) is 0 Å². The molecule has 0 spiro atoms. The van der Waals surface area contributed by atoms with Gasteiger partial charge in [0, 0.05) is 10.0 Å². The number of ether oxygens (including phenoxy) is 4. The summed E-state index contributed by atoms with van der Waals surface area (Å²) in [6.07, 6.45) is 0.0372. The fourth-order valence-electron chi connectivity index (χ4n) is 4.80. The smallest absolute Gasteiger partial charge is 0.338 e. The molecule has 0 aromatic heterocycles. The number of imide groups is 1. The number of anilines is 2. The zero-order valence-electron chi connectivity index (χ0n) is 26.3. The number of halogens is 2. The van der Waals surface area contributed by atoms with Gasteiger partial charge in [0.05, 0.1) is 42.3 Å². The van der Waals surface area contributed by atoms with E-state index < -0.39 is 54.8 Å². The lowest BCUT2D eigenvalue weighted by molar-refractivity contribution is -0.151. The predicted octanol–water partition coefficient (Wildman–Crippen LogP) is 5.00. The van der Waals surface area contributed by atoms with Crippen LogP contribution in [-0.2, 0) is 23.9 Å². The second-order valence-corrected chi connectivity index (χ2v) is 11.7.